The number of nitrogens with zero attached hydrogens (tertiary/aromatic N) is 4. The third-order valence-corrected chi connectivity index (χ3v) is 6.47. The van der Waals surface area contributed by atoms with Gasteiger partial charge in [0.2, 0.25) is 23.5 Å². The fourth-order valence-corrected chi connectivity index (χ4v) is 4.22. The van der Waals surface area contributed by atoms with Crippen LogP contribution in [0.2, 0.25) is 0 Å². The van der Waals surface area contributed by atoms with E-state index in [1.54, 1.807) is 31.0 Å². The average Bonchev–Trinajstić information content (AvgIpc) is 3.51. The van der Waals surface area contributed by atoms with Crippen LogP contribution in [0.1, 0.15) is 56.3 Å². The fraction of sp³-hybridized carbons (Fsp3) is 0.370. The molecule has 9 nitrogen and oxygen atoms in total. The molecule has 2 aromatic carbocycles. The summed E-state index contributed by atoms with van der Waals surface area (Å²) in [7, 11) is 0. The Labute approximate surface area is 214 Å². The zero-order valence-corrected chi connectivity index (χ0v) is 21.3. The maximum atomic E-state index is 13.4. The van der Waals surface area contributed by atoms with E-state index in [1.165, 1.54) is 17.1 Å². The molecule has 1 unspecified atom stereocenters. The summed E-state index contributed by atoms with van der Waals surface area (Å²) in [4.78, 5) is 38.7. The molecule has 0 aliphatic carbocycles. The molecule has 1 aromatic heterocycles. The van der Waals surface area contributed by atoms with Crippen molar-refractivity contribution in [3.05, 3.63) is 77.8 Å². The third kappa shape index (κ3) is 5.52. The van der Waals surface area contributed by atoms with Crippen molar-refractivity contribution in [2.45, 2.75) is 45.6 Å². The number of carbonyl (C=O) groups is 3. The summed E-state index contributed by atoms with van der Waals surface area (Å²) >= 11 is 0. The molecule has 194 valence electrons. The number of benzene rings is 2. The predicted molar refractivity (Wildman–Crippen MR) is 134 cm³/mol. The molecular formula is C27H30FN5O4. The van der Waals surface area contributed by atoms with Crippen LogP contribution in [0, 0.1) is 11.7 Å². The van der Waals surface area contributed by atoms with Gasteiger partial charge in [-0.05, 0) is 49.6 Å². The number of carbonyl (C=O) groups excluding carboxylic acids is 3. The van der Waals surface area contributed by atoms with Crippen molar-refractivity contribution < 1.29 is 23.2 Å². The Morgan fingerprint density at radius 1 is 1.08 bits per heavy atom. The van der Waals surface area contributed by atoms with Crippen LogP contribution in [-0.2, 0) is 15.0 Å². The summed E-state index contributed by atoms with van der Waals surface area (Å²) in [6, 6.07) is 14.3. The lowest BCUT2D eigenvalue weighted by atomic mass is 9.84. The minimum Gasteiger partial charge on any atom is -0.417 e. The van der Waals surface area contributed by atoms with Crippen molar-refractivity contribution in [2.24, 2.45) is 5.92 Å². The van der Waals surface area contributed by atoms with Crippen molar-refractivity contribution >= 4 is 23.3 Å². The minimum atomic E-state index is -0.933. The van der Waals surface area contributed by atoms with Gasteiger partial charge in [-0.15, -0.1) is 10.2 Å². The fourth-order valence-electron chi connectivity index (χ4n) is 4.22. The van der Waals surface area contributed by atoms with Gasteiger partial charge in [-0.1, -0.05) is 44.2 Å². The number of Topliss-reactive ketones (excluding diaryl/α,β-unsaturated/α-hetero) is 1. The van der Waals surface area contributed by atoms with Crippen LogP contribution < -0.4 is 10.3 Å². The van der Waals surface area contributed by atoms with Gasteiger partial charge in [0.05, 0.1) is 17.1 Å². The van der Waals surface area contributed by atoms with E-state index in [0.717, 1.165) is 11.3 Å². The maximum Gasteiger partial charge on any atom is 0.286 e. The normalized spacial score (nSPS) is 14.8. The van der Waals surface area contributed by atoms with E-state index in [9.17, 15) is 18.8 Å². The van der Waals surface area contributed by atoms with Gasteiger partial charge in [-0.3, -0.25) is 19.4 Å². The lowest BCUT2D eigenvalue weighted by Crippen LogP contribution is -2.51. The predicted octanol–water partition coefficient (Wildman–Crippen LogP) is 3.51. The zero-order valence-electron chi connectivity index (χ0n) is 21.3. The third-order valence-electron chi connectivity index (χ3n) is 6.47. The number of ketones is 1. The molecule has 2 amide bonds. The summed E-state index contributed by atoms with van der Waals surface area (Å²) in [5.41, 5.74) is 0.774. The number of hydrogen-bond donors (Lipinski definition) is 1. The molecule has 2 heterocycles. The van der Waals surface area contributed by atoms with Crippen LogP contribution in [0.25, 0.3) is 0 Å². The number of hydrazine groups is 1. The minimum absolute atomic E-state index is 0.170. The number of anilines is 1. The topological polar surface area (TPSA) is 109 Å². The van der Waals surface area contributed by atoms with Gasteiger partial charge < -0.3 is 9.73 Å². The highest BCUT2D eigenvalue weighted by atomic mass is 19.1. The largest absolute Gasteiger partial charge is 0.417 e. The highest BCUT2D eigenvalue weighted by Gasteiger charge is 2.36. The van der Waals surface area contributed by atoms with Gasteiger partial charge in [0.15, 0.2) is 0 Å². The molecule has 4 rings (SSSR count). The van der Waals surface area contributed by atoms with Gasteiger partial charge >= 0.3 is 0 Å². The first-order valence-electron chi connectivity index (χ1n) is 12.1. The van der Waals surface area contributed by atoms with E-state index >= 15 is 0 Å². The van der Waals surface area contributed by atoms with Gasteiger partial charge in [0.1, 0.15) is 12.4 Å². The Morgan fingerprint density at radius 3 is 2.41 bits per heavy atom. The van der Waals surface area contributed by atoms with Gasteiger partial charge in [0, 0.05) is 13.0 Å². The molecular weight excluding hydrogens is 477 g/mol. The number of aromatic nitrogens is 2. The molecule has 0 bridgehead atoms. The highest BCUT2D eigenvalue weighted by molar-refractivity contribution is 5.99. The van der Waals surface area contributed by atoms with Crippen molar-refractivity contribution in [3.8, 4) is 0 Å². The highest BCUT2D eigenvalue weighted by Crippen LogP contribution is 2.31. The first-order valence-corrected chi connectivity index (χ1v) is 12.1. The lowest BCUT2D eigenvalue weighted by Gasteiger charge is -2.30. The molecule has 1 aliphatic rings. The first kappa shape index (κ1) is 26.0. The molecule has 1 atom stereocenters. The van der Waals surface area contributed by atoms with Crippen LogP contribution in [0.5, 0.6) is 0 Å². The Kier molecular flexibility index (Phi) is 7.37. The molecule has 10 heteroatoms. The molecule has 3 aromatic rings. The smallest absolute Gasteiger partial charge is 0.286 e. The Hall–Kier alpha value is -4.08. The van der Waals surface area contributed by atoms with Crippen LogP contribution in [0.15, 0.2) is 59.0 Å². The molecule has 0 saturated carbocycles. The molecule has 0 spiro atoms. The molecule has 0 radical (unpaired) electrons. The number of halogens is 1. The average molecular weight is 508 g/mol. The number of amides is 2. The van der Waals surface area contributed by atoms with Gasteiger partial charge in [-0.25, -0.2) is 9.40 Å². The molecule has 37 heavy (non-hydrogen) atoms. The van der Waals surface area contributed by atoms with E-state index in [-0.39, 0.29) is 36.0 Å². The van der Waals surface area contributed by atoms with E-state index < -0.39 is 23.1 Å². The van der Waals surface area contributed by atoms with Crippen LogP contribution in [-0.4, -0.2) is 51.9 Å². The quantitative estimate of drug-likeness (QED) is 0.442. The molecule has 1 aliphatic heterocycles. The second-order valence-corrected chi connectivity index (χ2v) is 9.86. The summed E-state index contributed by atoms with van der Waals surface area (Å²) in [5.74, 6) is -1.85. The van der Waals surface area contributed by atoms with E-state index in [4.69, 9.17) is 4.42 Å². The van der Waals surface area contributed by atoms with Crippen molar-refractivity contribution in [1.82, 2.24) is 20.5 Å². The van der Waals surface area contributed by atoms with E-state index in [0.29, 0.717) is 13.0 Å². The zero-order chi connectivity index (χ0) is 26.7. The van der Waals surface area contributed by atoms with Gasteiger partial charge in [-0.2, -0.15) is 0 Å². The summed E-state index contributed by atoms with van der Waals surface area (Å²) < 4.78 is 19.1. The van der Waals surface area contributed by atoms with E-state index in [2.05, 4.69) is 15.5 Å². The van der Waals surface area contributed by atoms with Crippen molar-refractivity contribution in [2.75, 3.05) is 18.1 Å². The first-order chi connectivity index (χ1) is 17.6. The van der Waals surface area contributed by atoms with Crippen LogP contribution in [0.4, 0.5) is 10.1 Å². The Balaban J connectivity index is 1.47. The number of para-hydroxylation sites is 1. The number of nitrogens with one attached hydrogen (secondary N) is 1. The standard InChI is InChI=1S/C27H30FN5O4/c1-17(2)23(29-21(34)16-33-22(35)14-15-32(33)20-8-6-5-7-9-20)24(36)25-30-31-26(37-25)27(3,4)18-10-12-19(28)13-11-18/h5-13,17,23H,14-16H2,1-4H3,(H,29,34). The van der Waals surface area contributed by atoms with Crippen molar-refractivity contribution in [3.63, 3.8) is 0 Å². The van der Waals surface area contributed by atoms with Crippen molar-refractivity contribution in [1.29, 1.82) is 0 Å². The SMILES string of the molecule is CC(C)C(NC(=O)CN1C(=O)CCN1c1ccccc1)C(=O)c1nnc(C(C)(C)c2ccc(F)cc2)o1. The van der Waals surface area contributed by atoms with E-state index in [1.807, 2.05) is 44.2 Å². The monoisotopic (exact) mass is 507 g/mol. The number of rotatable bonds is 9. The molecule has 1 fully saturated rings. The molecule has 1 saturated heterocycles. The Bertz CT molecular complexity index is 1270. The van der Waals surface area contributed by atoms with Crippen LogP contribution in [0.3, 0.4) is 0 Å². The summed E-state index contributed by atoms with van der Waals surface area (Å²) in [5, 5.41) is 13.9. The maximum absolute atomic E-state index is 13.4. The summed E-state index contributed by atoms with van der Waals surface area (Å²) in [6.07, 6.45) is 0.295. The van der Waals surface area contributed by atoms with Crippen LogP contribution >= 0.6 is 0 Å². The molecule has 1 N–H and O–H groups in total. The second kappa shape index (κ2) is 10.5. The second-order valence-electron chi connectivity index (χ2n) is 9.86. The summed E-state index contributed by atoms with van der Waals surface area (Å²) in [6.45, 7) is 7.48. The number of hydrogen-bond acceptors (Lipinski definition) is 7. The van der Waals surface area contributed by atoms with Gasteiger partial charge in [0.25, 0.3) is 5.89 Å². The Morgan fingerprint density at radius 2 is 1.76 bits per heavy atom. The lowest BCUT2D eigenvalue weighted by molar-refractivity contribution is -0.133.